The average Bonchev–Trinajstić information content (AvgIpc) is 2.92. The number of amides is 1. The molecule has 1 saturated heterocycles. The number of methoxy groups -OCH3 is 2. The summed E-state index contributed by atoms with van der Waals surface area (Å²) < 4.78 is 21.7. The maximum absolute atomic E-state index is 12.4. The van der Waals surface area contributed by atoms with Gasteiger partial charge in [-0.25, -0.2) is 9.78 Å². The summed E-state index contributed by atoms with van der Waals surface area (Å²) in [7, 11) is 3.06. The van der Waals surface area contributed by atoms with E-state index in [-0.39, 0.29) is 11.8 Å². The van der Waals surface area contributed by atoms with Gasteiger partial charge in [-0.3, -0.25) is 5.32 Å². The topological polar surface area (TPSA) is 107 Å². The summed E-state index contributed by atoms with van der Waals surface area (Å²) >= 11 is 0. The van der Waals surface area contributed by atoms with Gasteiger partial charge in [0.1, 0.15) is 17.2 Å². The number of hydrogen-bond acceptors (Lipinski definition) is 9. The molecule has 1 aliphatic heterocycles. The Morgan fingerprint density at radius 2 is 1.86 bits per heavy atom. The maximum Gasteiger partial charge on any atom is 0.418 e. The highest BCUT2D eigenvalue weighted by Gasteiger charge is 2.13. The Hall–Kier alpha value is -4.05. The van der Waals surface area contributed by atoms with Gasteiger partial charge in [0, 0.05) is 36.6 Å². The molecule has 2 N–H and O–H groups in total. The van der Waals surface area contributed by atoms with E-state index in [2.05, 4.69) is 25.5 Å². The largest absolute Gasteiger partial charge is 0.497 e. The van der Waals surface area contributed by atoms with Gasteiger partial charge in [0.15, 0.2) is 0 Å². The molecule has 37 heavy (non-hydrogen) atoms. The second-order valence-electron chi connectivity index (χ2n) is 8.56. The molecule has 0 atom stereocenters. The van der Waals surface area contributed by atoms with Crippen LogP contribution >= 0.6 is 0 Å². The first kappa shape index (κ1) is 26.0. The smallest absolute Gasteiger partial charge is 0.418 e. The van der Waals surface area contributed by atoms with Gasteiger partial charge in [0.25, 0.3) is 0 Å². The highest BCUT2D eigenvalue weighted by Crippen LogP contribution is 2.29. The predicted octanol–water partition coefficient (Wildman–Crippen LogP) is 5.10. The number of carbonyl (C=O) groups is 1. The van der Waals surface area contributed by atoms with Crippen LogP contribution in [0.4, 0.5) is 22.1 Å². The van der Waals surface area contributed by atoms with Crippen LogP contribution in [0, 0.1) is 0 Å². The van der Waals surface area contributed by atoms with Gasteiger partial charge >= 0.3 is 6.09 Å². The van der Waals surface area contributed by atoms with Crippen molar-refractivity contribution >= 4 is 23.4 Å². The zero-order valence-corrected chi connectivity index (χ0v) is 21.2. The summed E-state index contributed by atoms with van der Waals surface area (Å²) in [4.78, 5) is 23.4. The van der Waals surface area contributed by atoms with Crippen molar-refractivity contribution < 1.29 is 23.7 Å². The van der Waals surface area contributed by atoms with Crippen LogP contribution in [-0.2, 0) is 0 Å². The fourth-order valence-electron chi connectivity index (χ4n) is 4.05. The monoisotopic (exact) mass is 507 g/mol. The number of anilines is 3. The molecule has 10 nitrogen and oxygen atoms in total. The normalized spacial score (nSPS) is 13.5. The molecule has 0 bridgehead atoms. The lowest BCUT2D eigenvalue weighted by atomic mass is 10.1. The number of aromatic nitrogens is 2. The third-order valence-electron chi connectivity index (χ3n) is 5.90. The molecule has 196 valence electrons. The van der Waals surface area contributed by atoms with Crippen LogP contribution in [0.2, 0.25) is 0 Å². The molecule has 2 heterocycles. The first-order valence-corrected chi connectivity index (χ1v) is 12.4. The van der Waals surface area contributed by atoms with Crippen LogP contribution in [0.5, 0.6) is 23.1 Å². The van der Waals surface area contributed by atoms with Crippen molar-refractivity contribution in [2.45, 2.75) is 25.7 Å². The molecule has 4 rings (SSSR count). The molecule has 1 amide bonds. The molecule has 0 saturated carbocycles. The van der Waals surface area contributed by atoms with Crippen molar-refractivity contribution in [1.82, 2.24) is 14.9 Å². The van der Waals surface area contributed by atoms with E-state index >= 15 is 0 Å². The SMILES string of the molecule is COc1ccc(NC(=O)Oc2ccnc(Nc3cccc(OCCCN4CCCCC4)c3)n2)c(OC)c1. The number of carbonyl (C=O) groups excluding carboxylic acids is 1. The molecule has 0 spiro atoms. The summed E-state index contributed by atoms with van der Waals surface area (Å²) in [6, 6.07) is 14.1. The number of hydrogen-bond donors (Lipinski definition) is 2. The molecule has 2 aromatic carbocycles. The zero-order valence-electron chi connectivity index (χ0n) is 21.2. The van der Waals surface area contributed by atoms with Crippen LogP contribution in [0.25, 0.3) is 0 Å². The van der Waals surface area contributed by atoms with Gasteiger partial charge in [-0.05, 0) is 56.6 Å². The van der Waals surface area contributed by atoms with E-state index in [4.69, 9.17) is 18.9 Å². The first-order valence-electron chi connectivity index (χ1n) is 12.4. The van der Waals surface area contributed by atoms with Crippen molar-refractivity contribution in [3.8, 4) is 23.1 Å². The van der Waals surface area contributed by atoms with Crippen LogP contribution in [0.15, 0.2) is 54.7 Å². The van der Waals surface area contributed by atoms with Gasteiger partial charge in [0.05, 0.1) is 26.5 Å². The minimum atomic E-state index is -0.715. The van der Waals surface area contributed by atoms with E-state index in [0.717, 1.165) is 24.4 Å². The Morgan fingerprint density at radius 3 is 2.68 bits per heavy atom. The molecular weight excluding hydrogens is 474 g/mol. The van der Waals surface area contributed by atoms with Gasteiger partial charge in [0.2, 0.25) is 11.8 Å². The molecular formula is C27H33N5O5. The lowest BCUT2D eigenvalue weighted by Crippen LogP contribution is -2.31. The summed E-state index contributed by atoms with van der Waals surface area (Å²) in [5.41, 5.74) is 1.20. The van der Waals surface area contributed by atoms with Crippen LogP contribution in [0.1, 0.15) is 25.7 Å². The highest BCUT2D eigenvalue weighted by molar-refractivity contribution is 5.88. The number of ether oxygens (including phenoxy) is 4. The van der Waals surface area contributed by atoms with Crippen molar-refractivity contribution in [2.24, 2.45) is 0 Å². The Balaban J connectivity index is 1.29. The second kappa shape index (κ2) is 13.3. The van der Waals surface area contributed by atoms with E-state index in [0.29, 0.717) is 23.8 Å². The van der Waals surface area contributed by atoms with E-state index in [1.165, 1.54) is 51.7 Å². The number of nitrogens with zero attached hydrogens (tertiary/aromatic N) is 3. The van der Waals surface area contributed by atoms with Gasteiger partial charge in [-0.2, -0.15) is 4.98 Å². The average molecular weight is 508 g/mol. The van der Waals surface area contributed by atoms with Crippen molar-refractivity contribution in [1.29, 1.82) is 0 Å². The van der Waals surface area contributed by atoms with Crippen molar-refractivity contribution in [3.05, 3.63) is 54.7 Å². The van der Waals surface area contributed by atoms with Crippen molar-refractivity contribution in [3.63, 3.8) is 0 Å². The molecule has 0 unspecified atom stereocenters. The van der Waals surface area contributed by atoms with E-state index < -0.39 is 6.09 Å². The third-order valence-corrected chi connectivity index (χ3v) is 5.90. The minimum Gasteiger partial charge on any atom is -0.497 e. The summed E-state index contributed by atoms with van der Waals surface area (Å²) in [5.74, 6) is 2.19. The Kier molecular flexibility index (Phi) is 9.36. The molecule has 1 fully saturated rings. The Labute approximate surface area is 216 Å². The molecule has 1 aromatic heterocycles. The first-order chi connectivity index (χ1) is 18.1. The number of rotatable bonds is 11. The fraction of sp³-hybridized carbons (Fsp3) is 0.370. The maximum atomic E-state index is 12.4. The summed E-state index contributed by atoms with van der Waals surface area (Å²) in [6.45, 7) is 4.12. The van der Waals surface area contributed by atoms with E-state index in [1.807, 2.05) is 24.3 Å². The number of nitrogens with one attached hydrogen (secondary N) is 2. The lowest BCUT2D eigenvalue weighted by molar-refractivity contribution is 0.205. The second-order valence-corrected chi connectivity index (χ2v) is 8.56. The van der Waals surface area contributed by atoms with Crippen LogP contribution < -0.4 is 29.6 Å². The fourth-order valence-corrected chi connectivity index (χ4v) is 4.05. The number of piperidine rings is 1. The highest BCUT2D eigenvalue weighted by atomic mass is 16.6. The van der Waals surface area contributed by atoms with E-state index in [1.54, 1.807) is 25.3 Å². The van der Waals surface area contributed by atoms with Gasteiger partial charge < -0.3 is 29.2 Å². The summed E-state index contributed by atoms with van der Waals surface area (Å²) in [6.07, 6.45) is 5.72. The zero-order chi connectivity index (χ0) is 25.9. The van der Waals surface area contributed by atoms with Crippen molar-refractivity contribution in [2.75, 3.05) is 51.1 Å². The molecule has 0 aliphatic carbocycles. The number of benzene rings is 2. The third kappa shape index (κ3) is 7.97. The molecule has 10 heteroatoms. The number of likely N-dealkylation sites (tertiary alicyclic amines) is 1. The van der Waals surface area contributed by atoms with Crippen LogP contribution in [-0.4, -0.2) is 61.4 Å². The Bertz CT molecular complexity index is 1170. The van der Waals surface area contributed by atoms with Gasteiger partial charge in [-0.1, -0.05) is 12.5 Å². The predicted molar refractivity (Wildman–Crippen MR) is 141 cm³/mol. The minimum absolute atomic E-state index is 0.0904. The quantitative estimate of drug-likeness (QED) is 0.343. The molecule has 1 aliphatic rings. The standard InChI is InChI=1S/C27H33N5O5/c1-34-21-10-11-23(24(19-21)35-2)30-27(33)37-25-12-13-28-26(31-25)29-20-8-6-9-22(18-20)36-17-7-16-32-14-4-3-5-15-32/h6,8-13,18-19H,3-5,7,14-17H2,1-2H3,(H,30,33)(H,28,29,31). The Morgan fingerprint density at radius 1 is 1.00 bits per heavy atom. The molecule has 3 aromatic rings. The lowest BCUT2D eigenvalue weighted by Gasteiger charge is -2.26. The van der Waals surface area contributed by atoms with Gasteiger partial charge in [-0.15, -0.1) is 0 Å². The van der Waals surface area contributed by atoms with Crippen LogP contribution in [0.3, 0.4) is 0 Å². The molecule has 0 radical (unpaired) electrons. The summed E-state index contributed by atoms with van der Waals surface area (Å²) in [5, 5.41) is 5.77. The van der Waals surface area contributed by atoms with E-state index in [9.17, 15) is 4.79 Å².